The lowest BCUT2D eigenvalue weighted by atomic mass is 9.91. The highest BCUT2D eigenvalue weighted by molar-refractivity contribution is 5.91. The minimum absolute atomic E-state index is 0.410. The summed E-state index contributed by atoms with van der Waals surface area (Å²) < 4.78 is 5.24. The molecule has 4 nitrogen and oxygen atoms in total. The Morgan fingerprint density at radius 1 is 1.03 bits per heavy atom. The summed E-state index contributed by atoms with van der Waals surface area (Å²) in [4.78, 5) is 22.3. The number of ether oxygens (including phenoxy) is 1. The number of benzene rings is 2. The van der Waals surface area contributed by atoms with Gasteiger partial charge >= 0.3 is 11.9 Å². The molecule has 0 aromatic heterocycles. The molecule has 0 spiro atoms. The predicted octanol–water partition coefficient (Wildman–Crippen LogP) is 5.92. The van der Waals surface area contributed by atoms with Crippen LogP contribution in [0.15, 0.2) is 66.8 Å². The highest BCUT2D eigenvalue weighted by atomic mass is 16.5. The SMILES string of the molecule is CCC1CC2C=CC1C2.Cc1ccc(C(=O)Oc2ccc(C=CC(=O)O)cc2)cc1. The third kappa shape index (κ3) is 5.93. The zero-order chi connectivity index (χ0) is 21.5. The fourth-order valence-corrected chi connectivity index (χ4v) is 4.03. The molecule has 0 aliphatic heterocycles. The van der Waals surface area contributed by atoms with Gasteiger partial charge in [-0.2, -0.15) is 0 Å². The number of carboxylic acids is 1. The first-order valence-electron chi connectivity index (χ1n) is 10.4. The molecule has 0 heterocycles. The second-order valence-electron chi connectivity index (χ2n) is 7.94. The number of esters is 1. The third-order valence-corrected chi connectivity index (χ3v) is 5.74. The first-order chi connectivity index (χ1) is 14.4. The van der Waals surface area contributed by atoms with E-state index in [-0.39, 0.29) is 0 Å². The largest absolute Gasteiger partial charge is 0.478 e. The molecule has 4 rings (SSSR count). The monoisotopic (exact) mass is 404 g/mol. The Morgan fingerprint density at radius 3 is 2.23 bits per heavy atom. The summed E-state index contributed by atoms with van der Waals surface area (Å²) in [6, 6.07) is 13.7. The lowest BCUT2D eigenvalue weighted by molar-refractivity contribution is -0.131. The molecule has 30 heavy (non-hydrogen) atoms. The number of fused-ring (bicyclic) bond motifs is 2. The summed E-state index contributed by atoms with van der Waals surface area (Å²) in [5.74, 6) is 1.96. The molecule has 1 N–H and O–H groups in total. The standard InChI is InChI=1S/C17H14O4.C9H14/c1-12-2-7-14(8-3-12)17(20)21-15-9-4-13(5-10-15)6-11-16(18)19;1-2-8-5-7-3-4-9(8)6-7/h2-11H,1H3,(H,18,19);3-4,7-9H,2,5-6H2,1H3. The van der Waals surface area contributed by atoms with E-state index in [1.165, 1.54) is 25.3 Å². The highest BCUT2D eigenvalue weighted by Crippen LogP contribution is 2.44. The smallest absolute Gasteiger partial charge is 0.343 e. The van der Waals surface area contributed by atoms with Crippen molar-refractivity contribution in [3.8, 4) is 5.75 Å². The van der Waals surface area contributed by atoms with Gasteiger partial charge in [0, 0.05) is 6.08 Å². The van der Waals surface area contributed by atoms with E-state index in [0.29, 0.717) is 16.9 Å². The molecule has 156 valence electrons. The van der Waals surface area contributed by atoms with Crippen LogP contribution in [-0.4, -0.2) is 17.0 Å². The third-order valence-electron chi connectivity index (χ3n) is 5.74. The predicted molar refractivity (Wildman–Crippen MR) is 118 cm³/mol. The van der Waals surface area contributed by atoms with Crippen LogP contribution >= 0.6 is 0 Å². The molecule has 4 heteroatoms. The number of carbonyl (C=O) groups excluding carboxylic acids is 1. The molecule has 1 saturated carbocycles. The van der Waals surface area contributed by atoms with Crippen LogP contribution in [0.3, 0.4) is 0 Å². The zero-order valence-corrected chi connectivity index (χ0v) is 17.5. The van der Waals surface area contributed by atoms with Gasteiger partial charge in [-0.3, -0.25) is 0 Å². The quantitative estimate of drug-likeness (QED) is 0.291. The molecule has 3 atom stereocenters. The summed E-state index contributed by atoms with van der Waals surface area (Å²) in [5.41, 5.74) is 2.27. The molecule has 2 aromatic carbocycles. The van der Waals surface area contributed by atoms with Crippen molar-refractivity contribution in [2.75, 3.05) is 0 Å². The van der Waals surface area contributed by atoms with Crippen LogP contribution in [0.1, 0.15) is 47.7 Å². The first kappa shape index (κ1) is 21.6. The van der Waals surface area contributed by atoms with Gasteiger partial charge in [-0.25, -0.2) is 9.59 Å². The molecule has 2 aliphatic rings. The summed E-state index contributed by atoms with van der Waals surface area (Å²) in [5, 5.41) is 8.54. The van der Waals surface area contributed by atoms with Gasteiger partial charge in [0.1, 0.15) is 5.75 Å². The lowest BCUT2D eigenvalue weighted by Crippen LogP contribution is -2.08. The average Bonchev–Trinajstić information content (AvgIpc) is 3.37. The number of aryl methyl sites for hydroxylation is 1. The molecule has 1 fully saturated rings. The molecule has 3 unspecified atom stereocenters. The van der Waals surface area contributed by atoms with Gasteiger partial charge in [0.2, 0.25) is 0 Å². The molecule has 2 aromatic rings. The molecule has 2 aliphatic carbocycles. The summed E-state index contributed by atoms with van der Waals surface area (Å²) in [6.45, 7) is 4.26. The molecule has 0 saturated heterocycles. The van der Waals surface area contributed by atoms with E-state index in [1.54, 1.807) is 36.4 Å². The van der Waals surface area contributed by atoms with Gasteiger partial charge in [0.25, 0.3) is 0 Å². The minimum atomic E-state index is -1.01. The number of carboxylic acid groups (broad SMARTS) is 1. The van der Waals surface area contributed by atoms with Crippen molar-refractivity contribution in [3.05, 3.63) is 83.4 Å². The molecular formula is C26H28O4. The van der Waals surface area contributed by atoms with Crippen molar-refractivity contribution >= 4 is 18.0 Å². The van der Waals surface area contributed by atoms with Crippen LogP contribution in [0.25, 0.3) is 6.08 Å². The van der Waals surface area contributed by atoms with Crippen molar-refractivity contribution in [2.24, 2.45) is 17.8 Å². The van der Waals surface area contributed by atoms with E-state index >= 15 is 0 Å². The Labute approximate surface area is 177 Å². The molecule has 0 radical (unpaired) electrons. The Bertz CT molecular complexity index is 923. The minimum Gasteiger partial charge on any atom is -0.478 e. The van der Waals surface area contributed by atoms with E-state index in [9.17, 15) is 9.59 Å². The maximum Gasteiger partial charge on any atom is 0.343 e. The van der Waals surface area contributed by atoms with Gasteiger partial charge in [0.05, 0.1) is 5.56 Å². The van der Waals surface area contributed by atoms with Gasteiger partial charge in [0.15, 0.2) is 0 Å². The van der Waals surface area contributed by atoms with Crippen LogP contribution in [0.4, 0.5) is 0 Å². The van der Waals surface area contributed by atoms with Gasteiger partial charge in [-0.05, 0) is 73.4 Å². The maximum atomic E-state index is 11.9. The Hall–Kier alpha value is -3.14. The second-order valence-corrected chi connectivity index (χ2v) is 7.94. The number of carbonyl (C=O) groups is 2. The maximum absolute atomic E-state index is 11.9. The number of allylic oxidation sites excluding steroid dienone is 2. The lowest BCUT2D eigenvalue weighted by Gasteiger charge is -2.14. The van der Waals surface area contributed by atoms with Gasteiger partial charge < -0.3 is 9.84 Å². The van der Waals surface area contributed by atoms with Crippen molar-refractivity contribution in [1.29, 1.82) is 0 Å². The van der Waals surface area contributed by atoms with Crippen LogP contribution in [0.5, 0.6) is 5.75 Å². The van der Waals surface area contributed by atoms with Crippen LogP contribution in [-0.2, 0) is 4.79 Å². The van der Waals surface area contributed by atoms with Crippen molar-refractivity contribution < 1.29 is 19.4 Å². The summed E-state index contributed by atoms with van der Waals surface area (Å²) in [6.07, 6.45) is 11.7. The molecule has 2 bridgehead atoms. The summed E-state index contributed by atoms with van der Waals surface area (Å²) >= 11 is 0. The zero-order valence-electron chi connectivity index (χ0n) is 17.5. The van der Waals surface area contributed by atoms with E-state index < -0.39 is 11.9 Å². The fraction of sp³-hybridized carbons (Fsp3) is 0.308. The number of aliphatic carboxylic acids is 1. The fourth-order valence-electron chi connectivity index (χ4n) is 4.03. The van der Waals surface area contributed by atoms with E-state index in [1.807, 2.05) is 19.1 Å². The number of hydrogen-bond acceptors (Lipinski definition) is 3. The summed E-state index contributed by atoms with van der Waals surface area (Å²) in [7, 11) is 0. The van der Waals surface area contributed by atoms with E-state index in [4.69, 9.17) is 9.84 Å². The van der Waals surface area contributed by atoms with E-state index in [2.05, 4.69) is 19.1 Å². The van der Waals surface area contributed by atoms with Gasteiger partial charge in [-0.15, -0.1) is 0 Å². The second kappa shape index (κ2) is 10.1. The number of rotatable bonds is 5. The molecule has 0 amide bonds. The average molecular weight is 405 g/mol. The normalized spacial score (nSPS) is 21.3. The van der Waals surface area contributed by atoms with Gasteiger partial charge in [-0.1, -0.05) is 55.3 Å². The van der Waals surface area contributed by atoms with E-state index in [0.717, 1.165) is 29.4 Å². The highest BCUT2D eigenvalue weighted by Gasteiger charge is 2.33. The van der Waals surface area contributed by atoms with Crippen molar-refractivity contribution in [1.82, 2.24) is 0 Å². The van der Waals surface area contributed by atoms with Crippen molar-refractivity contribution in [3.63, 3.8) is 0 Å². The van der Waals surface area contributed by atoms with Crippen LogP contribution < -0.4 is 4.74 Å². The molecular weight excluding hydrogens is 376 g/mol. The topological polar surface area (TPSA) is 63.6 Å². The first-order valence-corrected chi connectivity index (χ1v) is 10.4. The number of hydrogen-bond donors (Lipinski definition) is 1. The van der Waals surface area contributed by atoms with Crippen LogP contribution in [0, 0.1) is 24.7 Å². The Morgan fingerprint density at radius 2 is 1.73 bits per heavy atom. The van der Waals surface area contributed by atoms with Crippen molar-refractivity contribution in [2.45, 2.75) is 33.1 Å². The Kier molecular flexibility index (Phi) is 7.23. The Balaban J connectivity index is 0.000000234. The van der Waals surface area contributed by atoms with Crippen LogP contribution in [0.2, 0.25) is 0 Å².